The molecule has 0 bridgehead atoms. The SMILES string of the molecule is COC(=O)c1c(CCCO)c2ccccc2n1C. The number of aliphatic hydroxyl groups excluding tert-OH is 1. The maximum absolute atomic E-state index is 11.9. The van der Waals surface area contributed by atoms with Gasteiger partial charge in [0, 0.05) is 24.6 Å². The highest BCUT2D eigenvalue weighted by Gasteiger charge is 2.20. The molecule has 0 spiro atoms. The zero-order valence-corrected chi connectivity index (χ0v) is 10.6. The Morgan fingerprint density at radius 2 is 2.11 bits per heavy atom. The van der Waals surface area contributed by atoms with E-state index in [1.165, 1.54) is 7.11 Å². The maximum Gasteiger partial charge on any atom is 0.354 e. The zero-order chi connectivity index (χ0) is 13.1. The summed E-state index contributed by atoms with van der Waals surface area (Å²) in [5.41, 5.74) is 2.53. The summed E-state index contributed by atoms with van der Waals surface area (Å²) in [4.78, 5) is 11.9. The largest absolute Gasteiger partial charge is 0.464 e. The number of hydrogen-bond acceptors (Lipinski definition) is 3. The van der Waals surface area contributed by atoms with E-state index in [1.807, 2.05) is 35.9 Å². The third-order valence-corrected chi connectivity index (χ3v) is 3.18. The minimum atomic E-state index is -0.332. The number of rotatable bonds is 4. The third kappa shape index (κ3) is 1.99. The number of carbonyl (C=O) groups is 1. The minimum Gasteiger partial charge on any atom is -0.464 e. The molecule has 0 fully saturated rings. The van der Waals surface area contributed by atoms with Crippen LogP contribution in [0.2, 0.25) is 0 Å². The molecule has 4 heteroatoms. The van der Waals surface area contributed by atoms with Crippen LogP contribution >= 0.6 is 0 Å². The average molecular weight is 247 g/mol. The Balaban J connectivity index is 2.65. The van der Waals surface area contributed by atoms with Crippen molar-refractivity contribution in [3.8, 4) is 0 Å². The van der Waals surface area contributed by atoms with Crippen LogP contribution < -0.4 is 0 Å². The van der Waals surface area contributed by atoms with Gasteiger partial charge in [0.1, 0.15) is 5.69 Å². The molecule has 0 atom stereocenters. The number of aromatic nitrogens is 1. The number of aryl methyl sites for hydroxylation is 2. The highest BCUT2D eigenvalue weighted by atomic mass is 16.5. The molecule has 1 heterocycles. The molecule has 0 radical (unpaired) electrons. The van der Waals surface area contributed by atoms with E-state index < -0.39 is 0 Å². The first-order valence-electron chi connectivity index (χ1n) is 5.96. The topological polar surface area (TPSA) is 51.5 Å². The van der Waals surface area contributed by atoms with Crippen molar-refractivity contribution >= 4 is 16.9 Å². The fourth-order valence-corrected chi connectivity index (χ4v) is 2.34. The second-order valence-electron chi connectivity index (χ2n) is 4.22. The number of aliphatic hydroxyl groups is 1. The molecule has 1 aromatic carbocycles. The lowest BCUT2D eigenvalue weighted by molar-refractivity contribution is 0.0589. The van der Waals surface area contributed by atoms with Gasteiger partial charge in [0.2, 0.25) is 0 Å². The number of carbonyl (C=O) groups excluding carboxylic acids is 1. The Kier molecular flexibility index (Phi) is 3.67. The second kappa shape index (κ2) is 5.23. The van der Waals surface area contributed by atoms with Gasteiger partial charge in [0.05, 0.1) is 7.11 Å². The molecule has 0 aliphatic rings. The molecule has 1 N–H and O–H groups in total. The number of methoxy groups -OCH3 is 1. The smallest absolute Gasteiger partial charge is 0.354 e. The summed E-state index contributed by atoms with van der Waals surface area (Å²) in [7, 11) is 3.24. The van der Waals surface area contributed by atoms with Gasteiger partial charge in [-0.2, -0.15) is 0 Å². The van der Waals surface area contributed by atoms with Crippen molar-refractivity contribution in [3.63, 3.8) is 0 Å². The molecule has 4 nitrogen and oxygen atoms in total. The van der Waals surface area contributed by atoms with Gasteiger partial charge < -0.3 is 14.4 Å². The molecule has 0 amide bonds. The Morgan fingerprint density at radius 3 is 2.78 bits per heavy atom. The lowest BCUT2D eigenvalue weighted by atomic mass is 10.1. The Hall–Kier alpha value is -1.81. The van der Waals surface area contributed by atoms with Gasteiger partial charge >= 0.3 is 5.97 Å². The molecule has 0 saturated carbocycles. The van der Waals surface area contributed by atoms with Crippen molar-refractivity contribution in [1.82, 2.24) is 4.57 Å². The molecule has 0 aliphatic heterocycles. The van der Waals surface area contributed by atoms with Gasteiger partial charge in [-0.15, -0.1) is 0 Å². The first kappa shape index (κ1) is 12.6. The van der Waals surface area contributed by atoms with Gasteiger partial charge in [-0.05, 0) is 24.5 Å². The van der Waals surface area contributed by atoms with Gasteiger partial charge in [-0.3, -0.25) is 0 Å². The molecule has 2 rings (SSSR count). The summed E-state index contributed by atoms with van der Waals surface area (Å²) < 4.78 is 6.70. The Morgan fingerprint density at radius 1 is 1.39 bits per heavy atom. The van der Waals surface area contributed by atoms with Crippen LogP contribution in [0.3, 0.4) is 0 Å². The van der Waals surface area contributed by atoms with Crippen molar-refractivity contribution in [3.05, 3.63) is 35.5 Å². The van der Waals surface area contributed by atoms with Crippen molar-refractivity contribution in [2.24, 2.45) is 7.05 Å². The third-order valence-electron chi connectivity index (χ3n) is 3.18. The lowest BCUT2D eigenvalue weighted by Gasteiger charge is -2.05. The van der Waals surface area contributed by atoms with Gasteiger partial charge in [-0.1, -0.05) is 18.2 Å². The monoisotopic (exact) mass is 247 g/mol. The molecule has 96 valence electrons. The van der Waals surface area contributed by atoms with E-state index in [1.54, 1.807) is 0 Å². The van der Waals surface area contributed by atoms with E-state index in [9.17, 15) is 4.79 Å². The first-order valence-corrected chi connectivity index (χ1v) is 5.96. The van der Waals surface area contributed by atoms with E-state index in [4.69, 9.17) is 9.84 Å². The summed E-state index contributed by atoms with van der Waals surface area (Å²) in [6.07, 6.45) is 1.31. The lowest BCUT2D eigenvalue weighted by Crippen LogP contribution is -2.10. The summed E-state index contributed by atoms with van der Waals surface area (Å²) in [5, 5.41) is 10.0. The molecule has 0 unspecified atom stereocenters. The quantitative estimate of drug-likeness (QED) is 0.839. The van der Waals surface area contributed by atoms with Crippen molar-refractivity contribution in [2.45, 2.75) is 12.8 Å². The van der Waals surface area contributed by atoms with Gasteiger partial charge in [0.15, 0.2) is 0 Å². The van der Waals surface area contributed by atoms with Gasteiger partial charge in [-0.25, -0.2) is 4.79 Å². The zero-order valence-electron chi connectivity index (χ0n) is 10.6. The van der Waals surface area contributed by atoms with E-state index in [0.717, 1.165) is 16.5 Å². The number of fused-ring (bicyclic) bond motifs is 1. The Labute approximate surface area is 106 Å². The Bertz CT molecular complexity index is 572. The van der Waals surface area contributed by atoms with Crippen molar-refractivity contribution in [2.75, 3.05) is 13.7 Å². The number of esters is 1. The van der Waals surface area contributed by atoms with Crippen molar-refractivity contribution < 1.29 is 14.6 Å². The predicted octanol–water partition coefficient (Wildman–Crippen LogP) is 1.89. The molecule has 18 heavy (non-hydrogen) atoms. The van der Waals surface area contributed by atoms with E-state index in [0.29, 0.717) is 18.5 Å². The number of para-hydroxylation sites is 1. The predicted molar refractivity (Wildman–Crippen MR) is 69.7 cm³/mol. The minimum absolute atomic E-state index is 0.115. The second-order valence-corrected chi connectivity index (χ2v) is 4.22. The number of nitrogens with zero attached hydrogens (tertiary/aromatic N) is 1. The first-order chi connectivity index (χ1) is 8.70. The summed E-state index contributed by atoms with van der Waals surface area (Å²) in [6.45, 7) is 0.115. The van der Waals surface area contributed by atoms with Crippen LogP contribution in [0.1, 0.15) is 22.5 Å². The van der Waals surface area contributed by atoms with Gasteiger partial charge in [0.25, 0.3) is 0 Å². The van der Waals surface area contributed by atoms with Crippen LogP contribution in [0.4, 0.5) is 0 Å². The van der Waals surface area contributed by atoms with Crippen molar-refractivity contribution in [1.29, 1.82) is 0 Å². The van der Waals surface area contributed by atoms with E-state index in [2.05, 4.69) is 0 Å². The van der Waals surface area contributed by atoms with Crippen LogP contribution in [0, 0.1) is 0 Å². The summed E-state index contributed by atoms with van der Waals surface area (Å²) in [6, 6.07) is 7.86. The molecule has 1 aromatic heterocycles. The normalized spacial score (nSPS) is 10.8. The van der Waals surface area contributed by atoms with E-state index >= 15 is 0 Å². The van der Waals surface area contributed by atoms with Crippen LogP contribution in [-0.2, 0) is 18.2 Å². The summed E-state index contributed by atoms with van der Waals surface area (Å²) in [5.74, 6) is -0.332. The fraction of sp³-hybridized carbons (Fsp3) is 0.357. The fourth-order valence-electron chi connectivity index (χ4n) is 2.34. The van der Waals surface area contributed by atoms with Crippen LogP contribution in [-0.4, -0.2) is 29.4 Å². The molecular formula is C14H17NO3. The number of ether oxygens (including phenoxy) is 1. The highest BCUT2D eigenvalue weighted by Crippen LogP contribution is 2.26. The highest BCUT2D eigenvalue weighted by molar-refractivity contribution is 5.99. The van der Waals surface area contributed by atoms with Crippen LogP contribution in [0.5, 0.6) is 0 Å². The molecule has 0 saturated heterocycles. The van der Waals surface area contributed by atoms with Crippen LogP contribution in [0.15, 0.2) is 24.3 Å². The number of hydrogen-bond donors (Lipinski definition) is 1. The maximum atomic E-state index is 11.9. The average Bonchev–Trinajstić information content (AvgIpc) is 2.69. The van der Waals surface area contributed by atoms with Crippen LogP contribution in [0.25, 0.3) is 10.9 Å². The molecular weight excluding hydrogens is 230 g/mol. The summed E-state index contributed by atoms with van der Waals surface area (Å²) >= 11 is 0. The standard InChI is InChI=1S/C14H17NO3/c1-15-12-8-4-3-6-10(12)11(7-5-9-16)13(15)14(17)18-2/h3-4,6,8,16H,5,7,9H2,1-2H3. The number of benzene rings is 1. The molecule has 2 aromatic rings. The van der Waals surface area contributed by atoms with E-state index in [-0.39, 0.29) is 12.6 Å². The molecule has 0 aliphatic carbocycles.